The molecule has 0 radical (unpaired) electrons. The average molecular weight is 472 g/mol. The Kier molecular flexibility index (Phi) is 7.35. The Labute approximate surface area is 207 Å². The second kappa shape index (κ2) is 11.0. The lowest BCUT2D eigenvalue weighted by Crippen LogP contribution is -2.44. The van der Waals surface area contributed by atoms with Crippen molar-refractivity contribution in [2.45, 2.75) is 32.4 Å². The van der Waals surface area contributed by atoms with Gasteiger partial charge in [0.2, 0.25) is 0 Å². The molecule has 0 saturated carbocycles. The third-order valence-corrected chi connectivity index (χ3v) is 7.02. The zero-order chi connectivity index (χ0) is 24.0. The van der Waals surface area contributed by atoms with Crippen LogP contribution < -0.4 is 10.2 Å². The maximum Gasteiger partial charge on any atom is 0.251 e. The van der Waals surface area contributed by atoms with Crippen LogP contribution in [0, 0.1) is 6.92 Å². The zero-order valence-corrected chi connectivity index (χ0v) is 20.3. The number of hydrogen-bond acceptors (Lipinski definition) is 6. The molecular formula is C28H33N5O2. The van der Waals surface area contributed by atoms with Gasteiger partial charge in [-0.15, -0.1) is 0 Å². The fraction of sp³-hybridized carbons (Fsp3) is 0.393. The number of rotatable bonds is 6. The maximum atomic E-state index is 13.1. The first-order valence-corrected chi connectivity index (χ1v) is 12.5. The SMILES string of the molecule is Cc1c(C(=O)NC2CCN(Cc3ccc(N4CCOCC4)nc3)CC2)cccc1-c1cccnc1. The van der Waals surface area contributed by atoms with E-state index in [1.807, 2.05) is 49.6 Å². The molecule has 2 fully saturated rings. The Morgan fingerprint density at radius 1 is 1.03 bits per heavy atom. The third kappa shape index (κ3) is 5.69. The number of piperidine rings is 1. The fourth-order valence-electron chi connectivity index (χ4n) is 4.96. The number of pyridine rings is 2. The Morgan fingerprint density at radius 2 is 1.86 bits per heavy atom. The highest BCUT2D eigenvalue weighted by Crippen LogP contribution is 2.25. The second-order valence-electron chi connectivity index (χ2n) is 9.37. The van der Waals surface area contributed by atoms with Gasteiger partial charge in [0.05, 0.1) is 13.2 Å². The van der Waals surface area contributed by atoms with E-state index >= 15 is 0 Å². The molecule has 2 saturated heterocycles. The summed E-state index contributed by atoms with van der Waals surface area (Å²) in [6, 6.07) is 14.4. The maximum absolute atomic E-state index is 13.1. The first-order valence-electron chi connectivity index (χ1n) is 12.5. The van der Waals surface area contributed by atoms with Crippen LogP contribution in [0.15, 0.2) is 61.1 Å². The zero-order valence-electron chi connectivity index (χ0n) is 20.3. The summed E-state index contributed by atoms with van der Waals surface area (Å²) >= 11 is 0. The lowest BCUT2D eigenvalue weighted by Gasteiger charge is -2.32. The molecule has 4 heterocycles. The molecule has 1 N–H and O–H groups in total. The van der Waals surface area contributed by atoms with Crippen molar-refractivity contribution >= 4 is 11.7 Å². The summed E-state index contributed by atoms with van der Waals surface area (Å²) in [5.41, 5.74) is 5.03. The number of nitrogens with one attached hydrogen (secondary N) is 1. The Morgan fingerprint density at radius 3 is 2.57 bits per heavy atom. The summed E-state index contributed by atoms with van der Waals surface area (Å²) in [6.45, 7) is 8.17. The Balaban J connectivity index is 1.13. The van der Waals surface area contributed by atoms with Crippen molar-refractivity contribution < 1.29 is 9.53 Å². The predicted molar refractivity (Wildman–Crippen MR) is 137 cm³/mol. The number of morpholine rings is 1. The minimum absolute atomic E-state index is 0.00888. The molecule has 7 nitrogen and oxygen atoms in total. The van der Waals surface area contributed by atoms with Crippen molar-refractivity contribution in [3.8, 4) is 11.1 Å². The predicted octanol–water partition coefficient (Wildman–Crippen LogP) is 3.68. The highest BCUT2D eigenvalue weighted by atomic mass is 16.5. The van der Waals surface area contributed by atoms with Crippen LogP contribution in [0.1, 0.15) is 34.3 Å². The number of aromatic nitrogens is 2. The van der Waals surface area contributed by atoms with Gasteiger partial charge >= 0.3 is 0 Å². The van der Waals surface area contributed by atoms with E-state index in [4.69, 9.17) is 4.74 Å². The molecule has 7 heteroatoms. The number of hydrogen-bond donors (Lipinski definition) is 1. The van der Waals surface area contributed by atoms with Crippen LogP contribution in [0.2, 0.25) is 0 Å². The Bertz CT molecular complexity index is 1120. The molecule has 0 unspecified atom stereocenters. The molecule has 0 atom stereocenters. The molecule has 1 aromatic carbocycles. The van der Waals surface area contributed by atoms with Gasteiger partial charge in [0, 0.05) is 68.5 Å². The standard InChI is InChI=1S/C28H33N5O2/c1-21-25(23-4-3-11-29-19-23)5-2-6-26(21)28(34)31-24-9-12-32(13-10-24)20-22-7-8-27(30-18-22)33-14-16-35-17-15-33/h2-8,11,18-19,24H,9-10,12-17,20H2,1H3,(H,31,34). The highest BCUT2D eigenvalue weighted by Gasteiger charge is 2.22. The monoisotopic (exact) mass is 471 g/mol. The first kappa shape index (κ1) is 23.5. The van der Waals surface area contributed by atoms with E-state index in [0.29, 0.717) is 0 Å². The molecule has 0 spiro atoms. The number of carbonyl (C=O) groups excluding carboxylic acids is 1. The van der Waals surface area contributed by atoms with E-state index in [2.05, 4.69) is 37.2 Å². The van der Waals surface area contributed by atoms with Gasteiger partial charge in [-0.25, -0.2) is 4.98 Å². The normalized spacial score (nSPS) is 17.3. The smallest absolute Gasteiger partial charge is 0.251 e. The van der Waals surface area contributed by atoms with Crippen molar-refractivity contribution in [2.75, 3.05) is 44.3 Å². The molecule has 2 aliphatic heterocycles. The van der Waals surface area contributed by atoms with Crippen LogP contribution >= 0.6 is 0 Å². The molecule has 35 heavy (non-hydrogen) atoms. The van der Waals surface area contributed by atoms with E-state index in [1.54, 1.807) is 6.20 Å². The van der Waals surface area contributed by atoms with Crippen LogP contribution in [0.5, 0.6) is 0 Å². The number of benzene rings is 1. The van der Waals surface area contributed by atoms with Gasteiger partial charge in [0.25, 0.3) is 5.91 Å². The number of ether oxygens (including phenoxy) is 1. The molecule has 2 aliphatic rings. The van der Waals surface area contributed by atoms with Crippen molar-refractivity contribution in [3.63, 3.8) is 0 Å². The topological polar surface area (TPSA) is 70.6 Å². The van der Waals surface area contributed by atoms with Gasteiger partial charge in [-0.1, -0.05) is 24.3 Å². The van der Waals surface area contributed by atoms with Gasteiger partial charge < -0.3 is 15.0 Å². The van der Waals surface area contributed by atoms with Crippen LogP contribution in [0.25, 0.3) is 11.1 Å². The van der Waals surface area contributed by atoms with Crippen molar-refractivity contribution in [1.29, 1.82) is 0 Å². The van der Waals surface area contributed by atoms with Crippen molar-refractivity contribution in [2.24, 2.45) is 0 Å². The molecular weight excluding hydrogens is 438 g/mol. The lowest BCUT2D eigenvalue weighted by molar-refractivity contribution is 0.0908. The number of likely N-dealkylation sites (tertiary alicyclic amines) is 1. The summed E-state index contributed by atoms with van der Waals surface area (Å²) in [5, 5.41) is 3.27. The number of nitrogens with zero attached hydrogens (tertiary/aromatic N) is 4. The summed E-state index contributed by atoms with van der Waals surface area (Å²) < 4.78 is 5.43. The number of anilines is 1. The van der Waals surface area contributed by atoms with E-state index in [0.717, 1.165) is 86.9 Å². The average Bonchev–Trinajstić information content (AvgIpc) is 2.91. The number of amides is 1. The largest absolute Gasteiger partial charge is 0.378 e. The second-order valence-corrected chi connectivity index (χ2v) is 9.37. The minimum Gasteiger partial charge on any atom is -0.378 e. The summed E-state index contributed by atoms with van der Waals surface area (Å²) in [4.78, 5) is 26.7. The van der Waals surface area contributed by atoms with Crippen LogP contribution in [0.3, 0.4) is 0 Å². The summed E-state index contributed by atoms with van der Waals surface area (Å²) in [7, 11) is 0. The summed E-state index contributed by atoms with van der Waals surface area (Å²) in [6.07, 6.45) is 7.50. The van der Waals surface area contributed by atoms with Crippen LogP contribution in [-0.4, -0.2) is 66.2 Å². The van der Waals surface area contributed by atoms with E-state index in [1.165, 1.54) is 5.56 Å². The van der Waals surface area contributed by atoms with E-state index in [9.17, 15) is 4.79 Å². The molecule has 2 aromatic heterocycles. The van der Waals surface area contributed by atoms with Crippen molar-refractivity contribution in [1.82, 2.24) is 20.2 Å². The molecule has 0 bridgehead atoms. The Hall–Kier alpha value is -3.29. The van der Waals surface area contributed by atoms with Gasteiger partial charge in [-0.2, -0.15) is 0 Å². The van der Waals surface area contributed by atoms with Gasteiger partial charge in [-0.3, -0.25) is 14.7 Å². The number of carbonyl (C=O) groups is 1. The van der Waals surface area contributed by atoms with Crippen LogP contribution in [-0.2, 0) is 11.3 Å². The summed E-state index contributed by atoms with van der Waals surface area (Å²) in [5.74, 6) is 1.04. The van der Waals surface area contributed by atoms with Gasteiger partial charge in [-0.05, 0) is 54.7 Å². The van der Waals surface area contributed by atoms with Crippen LogP contribution in [0.4, 0.5) is 5.82 Å². The molecule has 0 aliphatic carbocycles. The van der Waals surface area contributed by atoms with Gasteiger partial charge in [0.15, 0.2) is 0 Å². The lowest BCUT2D eigenvalue weighted by atomic mass is 9.96. The third-order valence-electron chi connectivity index (χ3n) is 7.02. The molecule has 3 aromatic rings. The first-order chi connectivity index (χ1) is 17.2. The van der Waals surface area contributed by atoms with Gasteiger partial charge in [0.1, 0.15) is 5.82 Å². The molecule has 1 amide bonds. The van der Waals surface area contributed by atoms with E-state index in [-0.39, 0.29) is 11.9 Å². The highest BCUT2D eigenvalue weighted by molar-refractivity contribution is 5.97. The van der Waals surface area contributed by atoms with E-state index < -0.39 is 0 Å². The quantitative estimate of drug-likeness (QED) is 0.591. The molecule has 182 valence electrons. The minimum atomic E-state index is 0.00888. The van der Waals surface area contributed by atoms with Crippen molar-refractivity contribution in [3.05, 3.63) is 77.7 Å². The fourth-order valence-corrected chi connectivity index (χ4v) is 4.96. The molecule has 5 rings (SSSR count).